The number of hydrogen-bond acceptors (Lipinski definition) is 8. The normalized spacial score (nSPS) is 16.2. The van der Waals surface area contributed by atoms with Crippen LogP contribution in [0.5, 0.6) is 0 Å². The fraction of sp³-hybridized carbons (Fsp3) is 0.419. The summed E-state index contributed by atoms with van der Waals surface area (Å²) in [6.45, 7) is 8.37. The van der Waals surface area contributed by atoms with E-state index in [0.29, 0.717) is 24.9 Å². The minimum absolute atomic E-state index is 0.0655. The summed E-state index contributed by atoms with van der Waals surface area (Å²) in [5.74, 6) is -0.609. The quantitative estimate of drug-likeness (QED) is 0.161. The molecule has 9 nitrogen and oxygen atoms in total. The summed E-state index contributed by atoms with van der Waals surface area (Å²) in [5, 5.41) is 20.1. The number of carbonyl (C=O) groups excluding carboxylic acids is 2. The summed E-state index contributed by atoms with van der Waals surface area (Å²) in [6, 6.07) is 12.7. The van der Waals surface area contributed by atoms with Crippen molar-refractivity contribution in [2.24, 2.45) is 5.92 Å². The minimum atomic E-state index is -0.340. The van der Waals surface area contributed by atoms with E-state index in [1.54, 1.807) is 17.4 Å². The first-order valence-corrected chi connectivity index (χ1v) is 15.0. The smallest absolute Gasteiger partial charge is 0.254 e. The highest BCUT2D eigenvalue weighted by molar-refractivity contribution is 7.09. The van der Waals surface area contributed by atoms with Crippen LogP contribution in [0.3, 0.4) is 0 Å². The Morgan fingerprint density at radius 1 is 1.22 bits per heavy atom. The number of amides is 2. The third-order valence-corrected chi connectivity index (χ3v) is 8.39. The lowest BCUT2D eigenvalue weighted by Crippen LogP contribution is -2.34. The predicted octanol–water partition coefficient (Wildman–Crippen LogP) is 6.17. The van der Waals surface area contributed by atoms with Gasteiger partial charge < -0.3 is 9.64 Å². The predicted molar refractivity (Wildman–Crippen MR) is 162 cm³/mol. The first kappa shape index (κ1) is 30.0. The maximum atomic E-state index is 13.9. The van der Waals surface area contributed by atoms with Gasteiger partial charge in [0.15, 0.2) is 5.90 Å². The van der Waals surface area contributed by atoms with Crippen LogP contribution in [0.15, 0.2) is 47.8 Å². The van der Waals surface area contributed by atoms with Crippen molar-refractivity contribution in [3.05, 3.63) is 75.4 Å². The van der Waals surface area contributed by atoms with Gasteiger partial charge in [-0.25, -0.2) is 9.97 Å². The van der Waals surface area contributed by atoms with Crippen LogP contribution in [-0.4, -0.2) is 51.6 Å². The van der Waals surface area contributed by atoms with Crippen molar-refractivity contribution in [1.82, 2.24) is 14.9 Å². The number of thiazole rings is 1. The summed E-state index contributed by atoms with van der Waals surface area (Å²) in [6.07, 6.45) is 4.61. The van der Waals surface area contributed by atoms with Crippen LogP contribution in [0.2, 0.25) is 0 Å². The maximum Gasteiger partial charge on any atom is 0.254 e. The van der Waals surface area contributed by atoms with Crippen molar-refractivity contribution in [2.45, 2.75) is 71.9 Å². The molecule has 1 saturated heterocycles. The molecule has 3 atom stereocenters. The Labute approximate surface area is 245 Å². The molecule has 0 bridgehead atoms. The molecule has 0 saturated carbocycles. The molecule has 0 radical (unpaired) electrons. The summed E-state index contributed by atoms with van der Waals surface area (Å²) >= 11 is 1.55. The third kappa shape index (κ3) is 7.24. The van der Waals surface area contributed by atoms with Crippen LogP contribution < -0.4 is 4.90 Å². The minimum Gasteiger partial charge on any atom is -0.423 e. The van der Waals surface area contributed by atoms with E-state index in [4.69, 9.17) is 15.6 Å². The fourth-order valence-corrected chi connectivity index (χ4v) is 6.05. The van der Waals surface area contributed by atoms with Crippen molar-refractivity contribution >= 4 is 41.3 Å². The van der Waals surface area contributed by atoms with Crippen molar-refractivity contribution in [3.63, 3.8) is 0 Å². The number of nitrogens with one attached hydrogen (secondary N) is 2. The maximum absolute atomic E-state index is 13.9. The molecule has 41 heavy (non-hydrogen) atoms. The van der Waals surface area contributed by atoms with Crippen LogP contribution in [0, 0.1) is 23.7 Å². The molecule has 1 aliphatic heterocycles. The Bertz CT molecular complexity index is 1390. The number of aromatic nitrogens is 2. The van der Waals surface area contributed by atoms with Crippen LogP contribution in [-0.2, 0) is 16.0 Å². The molecule has 2 amide bonds. The number of nitrogens with zero attached hydrogens (tertiary/aromatic N) is 4. The average Bonchev–Trinajstić information content (AvgIpc) is 3.62. The molecule has 10 heteroatoms. The number of pyridine rings is 1. The van der Waals surface area contributed by atoms with E-state index in [9.17, 15) is 9.59 Å². The first-order chi connectivity index (χ1) is 19.7. The Morgan fingerprint density at radius 2 is 1.98 bits per heavy atom. The van der Waals surface area contributed by atoms with E-state index >= 15 is 0 Å². The number of likely N-dealkylation sites (tertiary alicyclic amines) is 1. The average molecular weight is 575 g/mol. The molecule has 1 aliphatic rings. The van der Waals surface area contributed by atoms with E-state index in [1.807, 2.05) is 68.3 Å². The van der Waals surface area contributed by atoms with Gasteiger partial charge >= 0.3 is 0 Å². The lowest BCUT2D eigenvalue weighted by molar-refractivity contribution is -0.107. The van der Waals surface area contributed by atoms with Gasteiger partial charge in [0.05, 0.1) is 6.04 Å². The zero-order valence-corrected chi connectivity index (χ0v) is 24.9. The Hall–Kier alpha value is -3.92. The van der Waals surface area contributed by atoms with Gasteiger partial charge in [0.2, 0.25) is 12.3 Å². The summed E-state index contributed by atoms with van der Waals surface area (Å²) in [7, 11) is 0. The van der Waals surface area contributed by atoms with Crippen LogP contribution >= 0.6 is 11.3 Å². The van der Waals surface area contributed by atoms with E-state index < -0.39 is 0 Å². The molecular formula is C31H38N6O3S. The van der Waals surface area contributed by atoms with Gasteiger partial charge in [0.1, 0.15) is 16.5 Å². The summed E-state index contributed by atoms with van der Waals surface area (Å²) < 4.78 is 5.66. The molecule has 3 aromatic rings. The van der Waals surface area contributed by atoms with Crippen molar-refractivity contribution < 1.29 is 14.3 Å². The number of aryl methyl sites for hydroxylation is 1. The van der Waals surface area contributed by atoms with Gasteiger partial charge in [-0.3, -0.25) is 25.3 Å². The topological polar surface area (TPSA) is 123 Å². The molecule has 1 fully saturated rings. The van der Waals surface area contributed by atoms with Gasteiger partial charge in [0.25, 0.3) is 5.91 Å². The zero-order valence-electron chi connectivity index (χ0n) is 24.1. The standard InChI is InChI=1S/C31H38N6O3S/c1-5-10-22(4)37(19-38)27-17-24(31(39)36-14-9-13-26(36)30-34-21(3)18-41-30)16-25(35-27)29(33)40-28(32)20(2)15-23-11-7-6-8-12-23/h6-8,11-12,16-20,22,26,32-33H,5,9-10,13-15H2,1-4H3. The number of hydrogen-bond donors (Lipinski definition) is 2. The highest BCUT2D eigenvalue weighted by Gasteiger charge is 2.33. The van der Waals surface area contributed by atoms with Gasteiger partial charge in [-0.15, -0.1) is 11.3 Å². The Balaban J connectivity index is 1.63. The number of rotatable bonds is 11. The highest BCUT2D eigenvalue weighted by atomic mass is 32.1. The van der Waals surface area contributed by atoms with Crippen molar-refractivity contribution in [2.75, 3.05) is 11.4 Å². The largest absolute Gasteiger partial charge is 0.423 e. The molecule has 4 rings (SSSR count). The number of benzene rings is 1. The highest BCUT2D eigenvalue weighted by Crippen LogP contribution is 2.35. The summed E-state index contributed by atoms with van der Waals surface area (Å²) in [5.41, 5.74) is 2.41. The first-order valence-electron chi connectivity index (χ1n) is 14.1. The van der Waals surface area contributed by atoms with Gasteiger partial charge in [-0.2, -0.15) is 0 Å². The Morgan fingerprint density at radius 3 is 2.63 bits per heavy atom. The van der Waals surface area contributed by atoms with Gasteiger partial charge in [0, 0.05) is 35.1 Å². The van der Waals surface area contributed by atoms with Crippen LogP contribution in [0.4, 0.5) is 5.82 Å². The molecule has 3 heterocycles. The van der Waals surface area contributed by atoms with E-state index in [0.717, 1.165) is 41.9 Å². The number of ether oxygens (including phenoxy) is 1. The second kappa shape index (κ2) is 13.6. The molecule has 0 aliphatic carbocycles. The van der Waals surface area contributed by atoms with Crippen LogP contribution in [0.25, 0.3) is 0 Å². The van der Waals surface area contributed by atoms with Crippen molar-refractivity contribution in [1.29, 1.82) is 10.8 Å². The second-order valence-corrected chi connectivity index (χ2v) is 11.5. The van der Waals surface area contributed by atoms with E-state index in [1.165, 1.54) is 11.0 Å². The van der Waals surface area contributed by atoms with Gasteiger partial charge in [-0.1, -0.05) is 50.6 Å². The second-order valence-electron chi connectivity index (χ2n) is 10.6. The number of carbonyl (C=O) groups is 2. The number of anilines is 1. The van der Waals surface area contributed by atoms with Gasteiger partial charge in [-0.05, 0) is 57.2 Å². The monoisotopic (exact) mass is 574 g/mol. The van der Waals surface area contributed by atoms with Crippen molar-refractivity contribution in [3.8, 4) is 0 Å². The van der Waals surface area contributed by atoms with E-state index in [2.05, 4.69) is 9.97 Å². The van der Waals surface area contributed by atoms with E-state index in [-0.39, 0.29) is 47.2 Å². The molecule has 2 aromatic heterocycles. The Kier molecular flexibility index (Phi) is 9.99. The third-order valence-electron chi connectivity index (χ3n) is 7.33. The van der Waals surface area contributed by atoms with Crippen LogP contribution in [0.1, 0.15) is 84.8 Å². The fourth-order valence-electron chi connectivity index (χ4n) is 5.11. The molecule has 0 spiro atoms. The molecule has 2 N–H and O–H groups in total. The molecule has 3 unspecified atom stereocenters. The molecule has 1 aromatic carbocycles. The zero-order chi connectivity index (χ0) is 29.5. The summed E-state index contributed by atoms with van der Waals surface area (Å²) in [4.78, 5) is 38.6. The molecular weight excluding hydrogens is 536 g/mol. The molecule has 216 valence electrons. The lowest BCUT2D eigenvalue weighted by Gasteiger charge is -2.27. The lowest BCUT2D eigenvalue weighted by atomic mass is 10.0. The SMILES string of the molecule is CCCC(C)N(C=O)c1cc(C(=O)N2CCCC2c2nc(C)cs2)cc(C(=N)OC(=N)C(C)Cc2ccccc2)n1.